The fraction of sp³-hybridized carbons (Fsp3) is 0.400. The van der Waals surface area contributed by atoms with Crippen molar-refractivity contribution in [1.29, 1.82) is 0 Å². The average molecular weight is 360 g/mol. The molecule has 1 nitrogen and oxygen atoms in total. The van der Waals surface area contributed by atoms with Crippen LogP contribution >= 0.6 is 0 Å². The Kier molecular flexibility index (Phi) is 4.17. The molecule has 0 heterocycles. The molecule has 0 N–H and O–H groups in total. The molecule has 12 heavy (non-hydrogen) atoms. The molecule has 0 saturated carbocycles. The molecular weight excluding hydrogens is 345 g/mol. The normalized spacial score (nSPS) is 10.2. The van der Waals surface area contributed by atoms with Gasteiger partial charge in [0.15, 0.2) is 0 Å². The van der Waals surface area contributed by atoms with E-state index in [2.05, 4.69) is 25.1 Å². The first-order valence-electron chi connectivity index (χ1n) is 4.16. The fourth-order valence-electron chi connectivity index (χ4n) is 1.06. The van der Waals surface area contributed by atoms with E-state index in [0.717, 1.165) is 37.9 Å². The number of ether oxygens (including phenoxy) is 1. The molecule has 0 aliphatic heterocycles. The second-order valence-electron chi connectivity index (χ2n) is 2.82. The molecule has 1 aromatic carbocycles. The summed E-state index contributed by atoms with van der Waals surface area (Å²) in [6, 6.07) is 6.65. The van der Waals surface area contributed by atoms with Crippen LogP contribution in [0.25, 0.3) is 0 Å². The van der Waals surface area contributed by atoms with Crippen LogP contribution in [0.2, 0.25) is 0 Å². The van der Waals surface area contributed by atoms with E-state index >= 15 is 0 Å². The van der Waals surface area contributed by atoms with Crippen LogP contribution in [0.5, 0.6) is 0 Å². The first-order chi connectivity index (χ1) is 5.74. The van der Waals surface area contributed by atoms with Gasteiger partial charge in [-0.05, 0) is 0 Å². The third-order valence-electron chi connectivity index (χ3n) is 1.83. The Labute approximate surface area is 89.0 Å². The summed E-state index contributed by atoms with van der Waals surface area (Å²) >= 11 is 0.927. The Hall–Kier alpha value is 0.0631. The van der Waals surface area contributed by atoms with Crippen LogP contribution in [0.15, 0.2) is 18.2 Å². The van der Waals surface area contributed by atoms with Gasteiger partial charge in [-0.1, -0.05) is 0 Å². The summed E-state index contributed by atoms with van der Waals surface area (Å²) in [4.78, 5) is 0. The van der Waals surface area contributed by atoms with Gasteiger partial charge in [0.1, 0.15) is 0 Å². The van der Waals surface area contributed by atoms with E-state index < -0.39 is 0 Å². The molecule has 66 valence electrons. The zero-order valence-corrected chi connectivity index (χ0v) is 12.1. The van der Waals surface area contributed by atoms with E-state index in [1.54, 1.807) is 0 Å². The summed E-state index contributed by atoms with van der Waals surface area (Å²) in [5.41, 5.74) is 2.68. The third kappa shape index (κ3) is 2.84. The molecule has 0 aliphatic rings. The first-order valence-corrected chi connectivity index (χ1v) is 6.41. The fourth-order valence-corrected chi connectivity index (χ4v) is 2.22. The second kappa shape index (κ2) is 4.94. The van der Waals surface area contributed by atoms with Crippen molar-refractivity contribution in [3.05, 3.63) is 29.3 Å². The van der Waals surface area contributed by atoms with Gasteiger partial charge in [-0.3, -0.25) is 0 Å². The standard InChI is InChI=1S/C10H13O.Bi.2H/c1-3-11-8-10-7-5-4-6-9(10)2;;;/h4,6-7H,3,8H2,1-2H3;;;. The summed E-state index contributed by atoms with van der Waals surface area (Å²) in [5, 5.41) is 0. The number of rotatable bonds is 3. The summed E-state index contributed by atoms with van der Waals surface area (Å²) in [5.74, 6) is 0. The van der Waals surface area contributed by atoms with Crippen molar-refractivity contribution in [3.63, 3.8) is 0 Å². The summed E-state index contributed by atoms with van der Waals surface area (Å²) in [7, 11) is 0. The van der Waals surface area contributed by atoms with Crippen LogP contribution in [0.3, 0.4) is 0 Å². The van der Waals surface area contributed by atoms with Crippen molar-refractivity contribution in [3.8, 4) is 0 Å². The van der Waals surface area contributed by atoms with Gasteiger partial charge in [-0.2, -0.15) is 0 Å². The number of benzene rings is 1. The molecule has 2 heteroatoms. The van der Waals surface area contributed by atoms with Gasteiger partial charge >= 0.3 is 89.1 Å². The minimum atomic E-state index is 0.767. The number of hydrogen-bond donors (Lipinski definition) is 0. The third-order valence-corrected chi connectivity index (χ3v) is 3.23. The van der Waals surface area contributed by atoms with Crippen molar-refractivity contribution in [1.82, 2.24) is 0 Å². The van der Waals surface area contributed by atoms with Crippen LogP contribution in [-0.4, -0.2) is 31.3 Å². The monoisotopic (exact) mass is 360 g/mol. The minimum absolute atomic E-state index is 0.767. The average Bonchev–Trinajstić information content (AvgIpc) is 2.07. The van der Waals surface area contributed by atoms with E-state index in [1.165, 1.54) is 14.4 Å². The molecule has 1 aromatic rings. The molecule has 0 bridgehead atoms. The van der Waals surface area contributed by atoms with Crippen molar-refractivity contribution in [2.24, 2.45) is 0 Å². The number of aryl methyl sites for hydroxylation is 1. The van der Waals surface area contributed by atoms with Crippen LogP contribution < -0.4 is 3.27 Å². The van der Waals surface area contributed by atoms with Crippen molar-refractivity contribution < 1.29 is 4.74 Å². The van der Waals surface area contributed by atoms with Gasteiger partial charge in [0, 0.05) is 0 Å². The Bertz CT molecular complexity index is 258. The van der Waals surface area contributed by atoms with Gasteiger partial charge in [-0.15, -0.1) is 0 Å². The predicted molar refractivity (Wildman–Crippen MR) is 54.7 cm³/mol. The predicted octanol–water partition coefficient (Wildman–Crippen LogP) is 0.790. The molecule has 0 fully saturated rings. The first kappa shape index (κ1) is 10.1. The Morgan fingerprint density at radius 1 is 1.42 bits per heavy atom. The number of hydrogen-bond acceptors (Lipinski definition) is 1. The van der Waals surface area contributed by atoms with E-state index in [1.807, 2.05) is 6.92 Å². The molecule has 0 atom stereocenters. The van der Waals surface area contributed by atoms with Gasteiger partial charge < -0.3 is 0 Å². The quantitative estimate of drug-likeness (QED) is 0.725. The van der Waals surface area contributed by atoms with Crippen LogP contribution in [0.1, 0.15) is 18.1 Å². The van der Waals surface area contributed by atoms with E-state index in [9.17, 15) is 0 Å². The van der Waals surface area contributed by atoms with Crippen molar-refractivity contribution in [2.45, 2.75) is 20.5 Å². The van der Waals surface area contributed by atoms with Crippen LogP contribution in [-0.2, 0) is 11.3 Å². The Morgan fingerprint density at radius 3 is 2.83 bits per heavy atom. The van der Waals surface area contributed by atoms with E-state index in [4.69, 9.17) is 4.74 Å². The molecule has 0 amide bonds. The SMILES string of the molecule is CCOCc1c[c]([BiH2])ccc1C. The molecule has 0 saturated heterocycles. The molecular formula is C10H15BiO. The maximum absolute atomic E-state index is 5.37. The molecule has 0 aromatic heterocycles. The van der Waals surface area contributed by atoms with E-state index in [0.29, 0.717) is 0 Å². The van der Waals surface area contributed by atoms with Crippen molar-refractivity contribution in [2.75, 3.05) is 6.61 Å². The van der Waals surface area contributed by atoms with Gasteiger partial charge in [-0.25, -0.2) is 0 Å². The van der Waals surface area contributed by atoms with Crippen LogP contribution in [0.4, 0.5) is 0 Å². The Morgan fingerprint density at radius 2 is 2.17 bits per heavy atom. The summed E-state index contributed by atoms with van der Waals surface area (Å²) in [6.07, 6.45) is 0. The Balaban J connectivity index is 2.75. The summed E-state index contributed by atoms with van der Waals surface area (Å²) < 4.78 is 6.84. The zero-order valence-electron chi connectivity index (χ0n) is 7.63. The molecule has 0 radical (unpaired) electrons. The second-order valence-corrected chi connectivity index (χ2v) is 5.41. The maximum atomic E-state index is 5.37. The molecule has 0 aliphatic carbocycles. The van der Waals surface area contributed by atoms with Crippen LogP contribution in [0, 0.1) is 6.92 Å². The van der Waals surface area contributed by atoms with E-state index in [-0.39, 0.29) is 0 Å². The molecule has 0 unspecified atom stereocenters. The van der Waals surface area contributed by atoms with Gasteiger partial charge in [0.25, 0.3) is 0 Å². The summed E-state index contributed by atoms with van der Waals surface area (Å²) in [6.45, 7) is 5.73. The molecule has 0 spiro atoms. The zero-order chi connectivity index (χ0) is 8.97. The van der Waals surface area contributed by atoms with Crippen molar-refractivity contribution >= 4 is 28.0 Å². The van der Waals surface area contributed by atoms with Gasteiger partial charge in [0.2, 0.25) is 0 Å². The van der Waals surface area contributed by atoms with Gasteiger partial charge in [0.05, 0.1) is 0 Å². The topological polar surface area (TPSA) is 9.23 Å². The molecule has 1 rings (SSSR count).